The SMILES string of the molecule is CNc1ncnc2ccc(/C(C=N)=C/N)cc12. The maximum absolute atomic E-state index is 7.28. The fraction of sp³-hybridized carbons (Fsp3) is 0.0833. The Morgan fingerprint density at radius 2 is 2.24 bits per heavy atom. The molecule has 2 aromatic rings. The van der Waals surface area contributed by atoms with Gasteiger partial charge >= 0.3 is 0 Å². The molecular weight excluding hydrogens is 214 g/mol. The standard InChI is InChI=1S/C12H13N5/c1-15-12-10-4-8(9(5-13)6-14)2-3-11(10)16-7-17-12/h2-7,13H,14H2,1H3,(H,15,16,17)/b9-6+,13-5?. The number of hydrogen-bond donors (Lipinski definition) is 3. The van der Waals surface area contributed by atoms with Gasteiger partial charge in [0.05, 0.1) is 5.52 Å². The van der Waals surface area contributed by atoms with Crippen LogP contribution in [0.2, 0.25) is 0 Å². The first-order chi connectivity index (χ1) is 8.30. The average Bonchev–Trinajstić information content (AvgIpc) is 2.39. The van der Waals surface area contributed by atoms with Crippen LogP contribution in [0.5, 0.6) is 0 Å². The second kappa shape index (κ2) is 4.61. The minimum absolute atomic E-state index is 0.665. The molecule has 0 spiro atoms. The molecule has 0 amide bonds. The zero-order valence-electron chi connectivity index (χ0n) is 9.44. The van der Waals surface area contributed by atoms with Crippen LogP contribution in [0.1, 0.15) is 5.56 Å². The van der Waals surface area contributed by atoms with Crippen molar-refractivity contribution in [1.82, 2.24) is 9.97 Å². The molecule has 1 aromatic heterocycles. The fourth-order valence-electron chi connectivity index (χ4n) is 1.66. The summed E-state index contributed by atoms with van der Waals surface area (Å²) in [5, 5.41) is 11.2. The molecule has 5 heteroatoms. The average molecular weight is 227 g/mol. The highest BCUT2D eigenvalue weighted by Gasteiger charge is 2.05. The molecule has 0 aliphatic rings. The summed E-state index contributed by atoms with van der Waals surface area (Å²) in [4.78, 5) is 8.33. The second-order valence-corrected chi connectivity index (χ2v) is 3.47. The Kier molecular flexibility index (Phi) is 3.00. The molecule has 86 valence electrons. The lowest BCUT2D eigenvalue weighted by atomic mass is 10.1. The van der Waals surface area contributed by atoms with Crippen molar-refractivity contribution in [3.05, 3.63) is 36.3 Å². The van der Waals surface area contributed by atoms with Gasteiger partial charge in [-0.05, 0) is 17.7 Å². The van der Waals surface area contributed by atoms with Gasteiger partial charge in [0, 0.05) is 30.4 Å². The van der Waals surface area contributed by atoms with Crippen molar-refractivity contribution in [2.75, 3.05) is 12.4 Å². The Hall–Kier alpha value is -2.43. The first-order valence-electron chi connectivity index (χ1n) is 5.15. The molecule has 0 unspecified atom stereocenters. The van der Waals surface area contributed by atoms with Gasteiger partial charge in [0.1, 0.15) is 12.1 Å². The van der Waals surface area contributed by atoms with Gasteiger partial charge in [0.2, 0.25) is 0 Å². The van der Waals surface area contributed by atoms with Crippen molar-refractivity contribution in [3.8, 4) is 0 Å². The van der Waals surface area contributed by atoms with Crippen molar-refractivity contribution >= 4 is 28.5 Å². The summed E-state index contributed by atoms with van der Waals surface area (Å²) in [6.45, 7) is 0. The molecule has 1 aromatic carbocycles. The first kappa shape index (κ1) is 11.1. The number of nitrogens with two attached hydrogens (primary N) is 1. The zero-order valence-corrected chi connectivity index (χ0v) is 9.44. The monoisotopic (exact) mass is 227 g/mol. The molecule has 0 atom stereocenters. The van der Waals surface area contributed by atoms with Gasteiger partial charge in [0.25, 0.3) is 0 Å². The van der Waals surface area contributed by atoms with Gasteiger partial charge in [-0.25, -0.2) is 9.97 Å². The van der Waals surface area contributed by atoms with Crippen LogP contribution in [0.15, 0.2) is 30.7 Å². The van der Waals surface area contributed by atoms with Crippen molar-refractivity contribution in [1.29, 1.82) is 5.41 Å². The zero-order chi connectivity index (χ0) is 12.3. The molecule has 0 saturated carbocycles. The van der Waals surface area contributed by atoms with E-state index < -0.39 is 0 Å². The largest absolute Gasteiger partial charge is 0.404 e. The summed E-state index contributed by atoms with van der Waals surface area (Å²) >= 11 is 0. The molecule has 4 N–H and O–H groups in total. The summed E-state index contributed by atoms with van der Waals surface area (Å²) in [6.07, 6.45) is 4.16. The van der Waals surface area contributed by atoms with Crippen LogP contribution in [-0.4, -0.2) is 23.2 Å². The Balaban J connectivity index is 2.67. The lowest BCUT2D eigenvalue weighted by Gasteiger charge is -2.06. The molecule has 0 saturated heterocycles. The van der Waals surface area contributed by atoms with Crippen molar-refractivity contribution in [2.45, 2.75) is 0 Å². The number of anilines is 1. The van der Waals surface area contributed by atoms with E-state index in [9.17, 15) is 0 Å². The van der Waals surface area contributed by atoms with E-state index in [0.717, 1.165) is 22.3 Å². The van der Waals surface area contributed by atoms with Crippen LogP contribution in [-0.2, 0) is 0 Å². The molecule has 0 aliphatic carbocycles. The highest BCUT2D eigenvalue weighted by molar-refractivity contribution is 6.09. The third-order valence-electron chi connectivity index (χ3n) is 2.54. The van der Waals surface area contributed by atoms with Gasteiger partial charge in [-0.15, -0.1) is 0 Å². The predicted molar refractivity (Wildman–Crippen MR) is 70.0 cm³/mol. The van der Waals surface area contributed by atoms with Crippen LogP contribution in [0, 0.1) is 5.41 Å². The number of fused-ring (bicyclic) bond motifs is 1. The van der Waals surface area contributed by atoms with Crippen molar-refractivity contribution in [2.24, 2.45) is 5.73 Å². The molecule has 0 aliphatic heterocycles. The first-order valence-corrected chi connectivity index (χ1v) is 5.15. The third-order valence-corrected chi connectivity index (χ3v) is 2.54. The lowest BCUT2D eigenvalue weighted by Crippen LogP contribution is -1.96. The number of nitrogens with zero attached hydrogens (tertiary/aromatic N) is 2. The number of nitrogens with one attached hydrogen (secondary N) is 2. The van der Waals surface area contributed by atoms with E-state index in [1.54, 1.807) is 0 Å². The topological polar surface area (TPSA) is 87.7 Å². The summed E-state index contributed by atoms with van der Waals surface area (Å²) in [6, 6.07) is 5.70. The highest BCUT2D eigenvalue weighted by atomic mass is 15.0. The van der Waals surface area contributed by atoms with Crippen molar-refractivity contribution < 1.29 is 0 Å². The molecule has 0 fully saturated rings. The highest BCUT2D eigenvalue weighted by Crippen LogP contribution is 2.22. The summed E-state index contributed by atoms with van der Waals surface area (Å²) in [5.74, 6) is 0.762. The van der Waals surface area contributed by atoms with E-state index in [-0.39, 0.29) is 0 Å². The number of aromatic nitrogens is 2. The summed E-state index contributed by atoms with van der Waals surface area (Å²) in [7, 11) is 1.81. The van der Waals surface area contributed by atoms with E-state index in [0.29, 0.717) is 5.57 Å². The van der Waals surface area contributed by atoms with Gasteiger partial charge < -0.3 is 16.5 Å². The van der Waals surface area contributed by atoms with E-state index in [2.05, 4.69) is 15.3 Å². The van der Waals surface area contributed by atoms with Crippen LogP contribution in [0.3, 0.4) is 0 Å². The Morgan fingerprint density at radius 1 is 1.41 bits per heavy atom. The maximum atomic E-state index is 7.28. The van der Waals surface area contributed by atoms with Crippen LogP contribution < -0.4 is 11.1 Å². The second-order valence-electron chi connectivity index (χ2n) is 3.47. The van der Waals surface area contributed by atoms with Gasteiger partial charge in [-0.1, -0.05) is 6.07 Å². The molecule has 17 heavy (non-hydrogen) atoms. The van der Waals surface area contributed by atoms with Gasteiger partial charge in [0.15, 0.2) is 0 Å². The fourth-order valence-corrected chi connectivity index (χ4v) is 1.66. The number of allylic oxidation sites excluding steroid dienone is 1. The van der Waals surface area contributed by atoms with E-state index in [1.165, 1.54) is 18.7 Å². The van der Waals surface area contributed by atoms with E-state index in [1.807, 2.05) is 25.2 Å². The molecule has 0 radical (unpaired) electrons. The van der Waals surface area contributed by atoms with Crippen molar-refractivity contribution in [3.63, 3.8) is 0 Å². The molecule has 0 bridgehead atoms. The number of hydrogen-bond acceptors (Lipinski definition) is 5. The molecular formula is C12H13N5. The smallest absolute Gasteiger partial charge is 0.137 e. The number of benzene rings is 1. The van der Waals surface area contributed by atoms with Crippen LogP contribution >= 0.6 is 0 Å². The van der Waals surface area contributed by atoms with Gasteiger partial charge in [-0.2, -0.15) is 0 Å². The lowest BCUT2D eigenvalue weighted by molar-refractivity contribution is 1.21. The Morgan fingerprint density at radius 3 is 2.88 bits per heavy atom. The number of rotatable bonds is 3. The van der Waals surface area contributed by atoms with E-state index >= 15 is 0 Å². The minimum Gasteiger partial charge on any atom is -0.404 e. The minimum atomic E-state index is 0.665. The normalized spacial score (nSPS) is 11.5. The molecule has 5 nitrogen and oxygen atoms in total. The summed E-state index contributed by atoms with van der Waals surface area (Å²) in [5.41, 5.74) is 7.87. The third kappa shape index (κ3) is 1.94. The van der Waals surface area contributed by atoms with E-state index in [4.69, 9.17) is 11.1 Å². The quantitative estimate of drug-likeness (QED) is 0.695. The van der Waals surface area contributed by atoms with Gasteiger partial charge in [-0.3, -0.25) is 0 Å². The summed E-state index contributed by atoms with van der Waals surface area (Å²) < 4.78 is 0. The Labute approximate surface area is 98.9 Å². The van der Waals surface area contributed by atoms with Crippen LogP contribution in [0.25, 0.3) is 16.5 Å². The maximum Gasteiger partial charge on any atom is 0.137 e. The van der Waals surface area contributed by atoms with Crippen LogP contribution in [0.4, 0.5) is 5.82 Å². The predicted octanol–water partition coefficient (Wildman–Crippen LogP) is 1.62. The molecule has 2 rings (SSSR count). The molecule has 1 heterocycles. The Bertz CT molecular complexity index is 588.